The van der Waals surface area contributed by atoms with Crippen LogP contribution < -0.4 is 5.73 Å². The number of hydrogen-bond donors (Lipinski definition) is 1. The van der Waals surface area contributed by atoms with Gasteiger partial charge in [0, 0.05) is 10.4 Å². The predicted molar refractivity (Wildman–Crippen MR) is 62.9 cm³/mol. The Kier molecular flexibility index (Phi) is 2.59. The number of nitrogens with zero attached hydrogens (tertiary/aromatic N) is 1. The highest BCUT2D eigenvalue weighted by Gasteiger charge is 2.25. The highest BCUT2D eigenvalue weighted by Crippen LogP contribution is 2.31. The Morgan fingerprint density at radius 3 is 2.79 bits per heavy atom. The fraction of sp³-hybridized carbons (Fsp3) is 0.364. The molecule has 14 heavy (non-hydrogen) atoms. The molecule has 0 spiro atoms. The van der Waals surface area contributed by atoms with Crippen molar-refractivity contribution in [2.75, 3.05) is 0 Å². The van der Waals surface area contributed by atoms with Crippen molar-refractivity contribution in [3.05, 3.63) is 28.2 Å². The van der Waals surface area contributed by atoms with Crippen molar-refractivity contribution >= 4 is 27.5 Å². The lowest BCUT2D eigenvalue weighted by molar-refractivity contribution is 1.15. The van der Waals surface area contributed by atoms with Gasteiger partial charge in [0.15, 0.2) is 0 Å². The molecule has 1 aromatic rings. The van der Waals surface area contributed by atoms with Gasteiger partial charge in [-0.05, 0) is 43.5 Å². The quantitative estimate of drug-likeness (QED) is 0.638. The molecule has 1 saturated carbocycles. The van der Waals surface area contributed by atoms with Crippen LogP contribution in [0.1, 0.15) is 18.4 Å². The van der Waals surface area contributed by atoms with Crippen molar-refractivity contribution in [3.8, 4) is 0 Å². The maximum atomic E-state index is 5.86. The standard InChI is InChI=1S/C11H13BrN2/c1-7-6-9(12)4-5-10(7)14-11(13)8-2-3-8/h4-6,8H,2-3H2,1H3,(H2,13,14). The van der Waals surface area contributed by atoms with E-state index in [1.165, 1.54) is 12.8 Å². The Labute approximate surface area is 92.4 Å². The monoisotopic (exact) mass is 252 g/mol. The summed E-state index contributed by atoms with van der Waals surface area (Å²) in [7, 11) is 0. The molecular formula is C11H13BrN2. The zero-order valence-electron chi connectivity index (χ0n) is 8.13. The third-order valence-electron chi connectivity index (χ3n) is 2.40. The summed E-state index contributed by atoms with van der Waals surface area (Å²) in [6.07, 6.45) is 2.40. The maximum absolute atomic E-state index is 5.86. The first-order chi connectivity index (χ1) is 6.66. The van der Waals surface area contributed by atoms with Crippen LogP contribution in [0.5, 0.6) is 0 Å². The summed E-state index contributed by atoms with van der Waals surface area (Å²) in [6.45, 7) is 2.05. The molecule has 0 bridgehead atoms. The number of halogens is 1. The van der Waals surface area contributed by atoms with Crippen molar-refractivity contribution in [2.24, 2.45) is 16.6 Å². The number of hydrogen-bond acceptors (Lipinski definition) is 1. The zero-order chi connectivity index (χ0) is 10.1. The van der Waals surface area contributed by atoms with Gasteiger partial charge in [-0.1, -0.05) is 15.9 Å². The summed E-state index contributed by atoms with van der Waals surface area (Å²) in [5, 5.41) is 0. The Hall–Kier alpha value is -0.830. The number of rotatable bonds is 2. The Morgan fingerprint density at radius 1 is 1.50 bits per heavy atom. The molecule has 1 aromatic carbocycles. The topological polar surface area (TPSA) is 38.4 Å². The first kappa shape index (κ1) is 9.71. The van der Waals surface area contributed by atoms with Gasteiger partial charge in [0.1, 0.15) is 5.84 Å². The molecule has 1 fully saturated rings. The van der Waals surface area contributed by atoms with Crippen LogP contribution in [0.3, 0.4) is 0 Å². The summed E-state index contributed by atoms with van der Waals surface area (Å²) >= 11 is 3.42. The SMILES string of the molecule is Cc1cc(Br)ccc1N=C(N)C1CC1. The van der Waals surface area contributed by atoms with Gasteiger partial charge in [-0.25, -0.2) is 4.99 Å². The lowest BCUT2D eigenvalue weighted by atomic mass is 10.2. The van der Waals surface area contributed by atoms with Crippen molar-refractivity contribution in [3.63, 3.8) is 0 Å². The van der Waals surface area contributed by atoms with Gasteiger partial charge in [-0.15, -0.1) is 0 Å². The summed E-state index contributed by atoms with van der Waals surface area (Å²) in [4.78, 5) is 4.44. The second-order valence-corrected chi connectivity index (χ2v) is 4.66. The normalized spacial score (nSPS) is 17.1. The van der Waals surface area contributed by atoms with Crippen LogP contribution in [-0.4, -0.2) is 5.84 Å². The largest absolute Gasteiger partial charge is 0.387 e. The Morgan fingerprint density at radius 2 is 2.21 bits per heavy atom. The predicted octanol–water partition coefficient (Wildman–Crippen LogP) is 3.16. The minimum Gasteiger partial charge on any atom is -0.387 e. The molecule has 2 N–H and O–H groups in total. The first-order valence-electron chi connectivity index (χ1n) is 4.77. The van der Waals surface area contributed by atoms with Crippen molar-refractivity contribution in [2.45, 2.75) is 19.8 Å². The van der Waals surface area contributed by atoms with Crippen molar-refractivity contribution in [1.82, 2.24) is 0 Å². The molecule has 3 heteroatoms. The van der Waals surface area contributed by atoms with Gasteiger partial charge in [-0.3, -0.25) is 0 Å². The van der Waals surface area contributed by atoms with Crippen LogP contribution in [0.4, 0.5) is 5.69 Å². The molecule has 0 aliphatic heterocycles. The molecule has 1 aliphatic rings. The van der Waals surface area contributed by atoms with Crippen LogP contribution >= 0.6 is 15.9 Å². The molecule has 0 heterocycles. The first-order valence-corrected chi connectivity index (χ1v) is 5.56. The molecule has 1 aliphatic carbocycles. The Balaban J connectivity index is 2.27. The minimum atomic E-state index is 0.540. The molecular weight excluding hydrogens is 240 g/mol. The Bertz CT molecular complexity index is 381. The fourth-order valence-electron chi connectivity index (χ4n) is 1.35. The van der Waals surface area contributed by atoms with Gasteiger partial charge >= 0.3 is 0 Å². The van der Waals surface area contributed by atoms with Gasteiger partial charge in [0.25, 0.3) is 0 Å². The van der Waals surface area contributed by atoms with E-state index in [1.54, 1.807) is 0 Å². The van der Waals surface area contributed by atoms with Gasteiger partial charge in [0.2, 0.25) is 0 Å². The van der Waals surface area contributed by atoms with E-state index < -0.39 is 0 Å². The molecule has 0 saturated heterocycles. The van der Waals surface area contributed by atoms with Gasteiger partial charge in [0.05, 0.1) is 5.69 Å². The highest BCUT2D eigenvalue weighted by molar-refractivity contribution is 9.10. The van der Waals surface area contributed by atoms with Gasteiger partial charge < -0.3 is 5.73 Å². The second-order valence-electron chi connectivity index (χ2n) is 3.74. The van der Waals surface area contributed by atoms with Crippen LogP contribution in [0.2, 0.25) is 0 Å². The van der Waals surface area contributed by atoms with E-state index >= 15 is 0 Å². The van der Waals surface area contributed by atoms with E-state index in [0.29, 0.717) is 5.92 Å². The summed E-state index contributed by atoms with van der Waals surface area (Å²) in [6, 6.07) is 6.04. The number of amidine groups is 1. The third-order valence-corrected chi connectivity index (χ3v) is 2.90. The molecule has 0 aromatic heterocycles. The van der Waals surface area contributed by atoms with Crippen LogP contribution in [0.25, 0.3) is 0 Å². The highest BCUT2D eigenvalue weighted by atomic mass is 79.9. The van der Waals surface area contributed by atoms with Crippen molar-refractivity contribution in [1.29, 1.82) is 0 Å². The van der Waals surface area contributed by atoms with E-state index in [1.807, 2.05) is 19.1 Å². The second kappa shape index (κ2) is 3.73. The molecule has 74 valence electrons. The average molecular weight is 253 g/mol. The number of aryl methyl sites for hydroxylation is 1. The van der Waals surface area contributed by atoms with Crippen LogP contribution in [0.15, 0.2) is 27.7 Å². The smallest absolute Gasteiger partial charge is 0.103 e. The molecule has 0 unspecified atom stereocenters. The third kappa shape index (κ3) is 2.15. The van der Waals surface area contributed by atoms with Crippen LogP contribution in [-0.2, 0) is 0 Å². The van der Waals surface area contributed by atoms with E-state index in [4.69, 9.17) is 5.73 Å². The summed E-state index contributed by atoms with van der Waals surface area (Å²) < 4.78 is 1.08. The molecule has 0 radical (unpaired) electrons. The fourth-order valence-corrected chi connectivity index (χ4v) is 1.83. The maximum Gasteiger partial charge on any atom is 0.103 e. The summed E-state index contributed by atoms with van der Waals surface area (Å²) in [5.41, 5.74) is 8.00. The minimum absolute atomic E-state index is 0.540. The average Bonchev–Trinajstić information content (AvgIpc) is 2.92. The van der Waals surface area contributed by atoms with E-state index in [0.717, 1.165) is 21.6 Å². The molecule has 2 rings (SSSR count). The number of benzene rings is 1. The van der Waals surface area contributed by atoms with E-state index in [9.17, 15) is 0 Å². The molecule has 0 amide bonds. The molecule has 0 atom stereocenters. The van der Waals surface area contributed by atoms with E-state index in [2.05, 4.69) is 27.0 Å². The zero-order valence-corrected chi connectivity index (χ0v) is 9.71. The van der Waals surface area contributed by atoms with Crippen LogP contribution in [0, 0.1) is 12.8 Å². The summed E-state index contributed by atoms with van der Waals surface area (Å²) in [5.74, 6) is 1.33. The van der Waals surface area contributed by atoms with Gasteiger partial charge in [-0.2, -0.15) is 0 Å². The molecule has 2 nitrogen and oxygen atoms in total. The number of nitrogens with two attached hydrogens (primary N) is 1. The lowest BCUT2D eigenvalue weighted by Crippen LogP contribution is -2.13. The van der Waals surface area contributed by atoms with Crippen molar-refractivity contribution < 1.29 is 0 Å². The van der Waals surface area contributed by atoms with E-state index in [-0.39, 0.29) is 0 Å². The lowest BCUT2D eigenvalue weighted by Gasteiger charge is -2.02. The number of aliphatic imine (C=N–C) groups is 1.